The van der Waals surface area contributed by atoms with Crippen molar-refractivity contribution in [1.82, 2.24) is 5.32 Å². The van der Waals surface area contributed by atoms with Crippen molar-refractivity contribution in [2.24, 2.45) is 11.7 Å². The average molecular weight is 290 g/mol. The minimum atomic E-state index is -3.18. The third-order valence-corrected chi connectivity index (χ3v) is 3.32. The number of rotatable bonds is 5. The molecule has 2 unspecified atom stereocenters. The molecular weight excluding hydrogens is 276 g/mol. The Bertz CT molecular complexity index is 501. The first kappa shape index (κ1) is 14.8. The molecule has 0 aromatic heterocycles. The highest BCUT2D eigenvalue weighted by molar-refractivity contribution is 5.83. The summed E-state index contributed by atoms with van der Waals surface area (Å²) in [6, 6.07) is 3.44. The number of carbonyl (C=O) groups excluding carboxylic acids is 1. The van der Waals surface area contributed by atoms with Gasteiger partial charge in [0.05, 0.1) is 13.1 Å². The maximum absolute atomic E-state index is 13.5. The van der Waals surface area contributed by atoms with Gasteiger partial charge in [0, 0.05) is 17.4 Å². The van der Waals surface area contributed by atoms with Gasteiger partial charge in [0.2, 0.25) is 5.91 Å². The van der Waals surface area contributed by atoms with Crippen LogP contribution in [0.2, 0.25) is 0 Å². The molecule has 1 fully saturated rings. The van der Waals surface area contributed by atoms with Crippen LogP contribution in [0.3, 0.4) is 0 Å². The molecule has 1 aliphatic carbocycles. The minimum Gasteiger partial charge on any atom is -0.350 e. The maximum Gasteiger partial charge on any atom is 0.277 e. The zero-order chi connectivity index (χ0) is 14.9. The van der Waals surface area contributed by atoms with Crippen molar-refractivity contribution in [2.45, 2.75) is 18.3 Å². The number of alkyl halides is 2. The zero-order valence-corrected chi connectivity index (χ0v) is 10.5. The van der Waals surface area contributed by atoms with Gasteiger partial charge >= 0.3 is 0 Å². The van der Waals surface area contributed by atoms with E-state index in [-0.39, 0.29) is 12.0 Å². The van der Waals surface area contributed by atoms with Crippen molar-refractivity contribution in [2.75, 3.05) is 13.1 Å². The largest absolute Gasteiger partial charge is 0.350 e. The van der Waals surface area contributed by atoms with Crippen LogP contribution in [0.4, 0.5) is 17.6 Å². The third-order valence-electron chi connectivity index (χ3n) is 3.32. The molecule has 1 aliphatic rings. The molecule has 0 radical (unpaired) electrons. The SMILES string of the molecule is NCC(F)(F)CNC(=O)C1CC1c1c(F)cccc1F. The van der Waals surface area contributed by atoms with E-state index in [0.29, 0.717) is 0 Å². The lowest BCUT2D eigenvalue weighted by atomic mass is 10.1. The van der Waals surface area contributed by atoms with Crippen molar-refractivity contribution in [3.05, 3.63) is 35.4 Å². The van der Waals surface area contributed by atoms with Gasteiger partial charge in [0.25, 0.3) is 5.92 Å². The fraction of sp³-hybridized carbons (Fsp3) is 0.462. The second kappa shape index (κ2) is 5.40. The Morgan fingerprint density at radius 2 is 1.95 bits per heavy atom. The van der Waals surface area contributed by atoms with Gasteiger partial charge in [-0.3, -0.25) is 4.79 Å². The van der Waals surface area contributed by atoms with Gasteiger partial charge < -0.3 is 11.1 Å². The molecule has 2 atom stereocenters. The van der Waals surface area contributed by atoms with Crippen LogP contribution in [0.15, 0.2) is 18.2 Å². The van der Waals surface area contributed by atoms with Crippen molar-refractivity contribution in [3.8, 4) is 0 Å². The quantitative estimate of drug-likeness (QED) is 0.812. The molecular formula is C13H14F4N2O. The van der Waals surface area contributed by atoms with Crippen LogP contribution < -0.4 is 11.1 Å². The number of hydrogen-bond donors (Lipinski definition) is 2. The van der Waals surface area contributed by atoms with Gasteiger partial charge in [-0.05, 0) is 18.6 Å². The molecule has 110 valence electrons. The van der Waals surface area contributed by atoms with Crippen LogP contribution >= 0.6 is 0 Å². The molecule has 3 N–H and O–H groups in total. The number of nitrogens with two attached hydrogens (primary N) is 1. The van der Waals surface area contributed by atoms with Gasteiger partial charge in [0.1, 0.15) is 11.6 Å². The molecule has 3 nitrogen and oxygen atoms in total. The summed E-state index contributed by atoms with van der Waals surface area (Å²) in [5.41, 5.74) is 4.69. The first-order chi connectivity index (χ1) is 9.35. The van der Waals surface area contributed by atoms with Crippen LogP contribution in [0.1, 0.15) is 17.9 Å². The summed E-state index contributed by atoms with van der Waals surface area (Å²) < 4.78 is 52.8. The Kier molecular flexibility index (Phi) is 3.99. The highest BCUT2D eigenvalue weighted by Crippen LogP contribution is 2.49. The second-order valence-electron chi connectivity index (χ2n) is 4.86. The topological polar surface area (TPSA) is 55.1 Å². The van der Waals surface area contributed by atoms with Crippen LogP contribution in [0.5, 0.6) is 0 Å². The molecule has 7 heteroatoms. The van der Waals surface area contributed by atoms with Crippen LogP contribution in [-0.4, -0.2) is 24.9 Å². The van der Waals surface area contributed by atoms with Gasteiger partial charge in [0.15, 0.2) is 0 Å². The molecule has 0 heterocycles. The molecule has 1 aromatic carbocycles. The van der Waals surface area contributed by atoms with Gasteiger partial charge in [-0.2, -0.15) is 0 Å². The monoisotopic (exact) mass is 290 g/mol. The first-order valence-corrected chi connectivity index (χ1v) is 6.15. The summed E-state index contributed by atoms with van der Waals surface area (Å²) in [5, 5.41) is 2.06. The Morgan fingerprint density at radius 1 is 1.35 bits per heavy atom. The van der Waals surface area contributed by atoms with E-state index in [2.05, 4.69) is 5.32 Å². The summed E-state index contributed by atoms with van der Waals surface area (Å²) in [7, 11) is 0. The molecule has 0 saturated heterocycles. The lowest BCUT2D eigenvalue weighted by Crippen LogP contribution is -2.42. The standard InChI is InChI=1S/C13H14F4N2O/c14-9-2-1-3-10(15)11(9)7-4-8(7)12(20)19-6-13(16,17)5-18/h1-3,7-8H,4-6,18H2,(H,19,20). The van der Waals surface area contributed by atoms with E-state index in [9.17, 15) is 22.4 Å². The van der Waals surface area contributed by atoms with Crippen LogP contribution in [0.25, 0.3) is 0 Å². The van der Waals surface area contributed by atoms with Crippen LogP contribution in [0, 0.1) is 17.6 Å². The fourth-order valence-electron chi connectivity index (χ4n) is 2.09. The van der Waals surface area contributed by atoms with E-state index in [1.54, 1.807) is 0 Å². The fourth-order valence-corrected chi connectivity index (χ4v) is 2.09. The molecule has 1 saturated carbocycles. The smallest absolute Gasteiger partial charge is 0.277 e. The van der Waals surface area contributed by atoms with Gasteiger partial charge in [-0.1, -0.05) is 6.07 Å². The number of nitrogens with one attached hydrogen (secondary N) is 1. The van der Waals surface area contributed by atoms with E-state index < -0.39 is 48.4 Å². The maximum atomic E-state index is 13.5. The van der Waals surface area contributed by atoms with Crippen molar-refractivity contribution in [1.29, 1.82) is 0 Å². The Hall–Kier alpha value is -1.63. The molecule has 1 aromatic rings. The minimum absolute atomic E-state index is 0.154. The highest BCUT2D eigenvalue weighted by atomic mass is 19.3. The van der Waals surface area contributed by atoms with Crippen molar-refractivity contribution < 1.29 is 22.4 Å². The normalized spacial score (nSPS) is 21.6. The lowest BCUT2D eigenvalue weighted by molar-refractivity contribution is -0.124. The van der Waals surface area contributed by atoms with Crippen molar-refractivity contribution >= 4 is 5.91 Å². The van der Waals surface area contributed by atoms with Crippen molar-refractivity contribution in [3.63, 3.8) is 0 Å². The van der Waals surface area contributed by atoms with E-state index in [1.165, 1.54) is 6.07 Å². The third kappa shape index (κ3) is 3.09. The van der Waals surface area contributed by atoms with Gasteiger partial charge in [-0.25, -0.2) is 17.6 Å². The Balaban J connectivity index is 1.96. The molecule has 0 spiro atoms. The van der Waals surface area contributed by atoms with Gasteiger partial charge in [-0.15, -0.1) is 0 Å². The van der Waals surface area contributed by atoms with E-state index in [1.807, 2.05) is 0 Å². The summed E-state index contributed by atoms with van der Waals surface area (Å²) in [6.45, 7) is -1.74. The number of benzene rings is 1. The molecule has 0 aliphatic heterocycles. The van der Waals surface area contributed by atoms with E-state index in [0.717, 1.165) is 12.1 Å². The van der Waals surface area contributed by atoms with E-state index >= 15 is 0 Å². The second-order valence-corrected chi connectivity index (χ2v) is 4.86. The predicted molar refractivity (Wildman–Crippen MR) is 64.2 cm³/mol. The number of carbonyl (C=O) groups is 1. The Labute approximate surface area is 113 Å². The molecule has 2 rings (SSSR count). The summed E-state index contributed by atoms with van der Waals surface area (Å²) in [5.74, 6) is -6.53. The Morgan fingerprint density at radius 3 is 2.50 bits per heavy atom. The first-order valence-electron chi connectivity index (χ1n) is 6.15. The zero-order valence-electron chi connectivity index (χ0n) is 10.5. The summed E-state index contributed by atoms with van der Waals surface area (Å²) in [4.78, 5) is 11.6. The predicted octanol–water partition coefficient (Wildman–Crippen LogP) is 1.78. The van der Waals surface area contributed by atoms with E-state index in [4.69, 9.17) is 5.73 Å². The number of amides is 1. The van der Waals surface area contributed by atoms with Crippen LogP contribution in [-0.2, 0) is 4.79 Å². The highest BCUT2D eigenvalue weighted by Gasteiger charge is 2.47. The lowest BCUT2D eigenvalue weighted by Gasteiger charge is -2.14. The average Bonchev–Trinajstić information content (AvgIpc) is 3.16. The molecule has 1 amide bonds. The summed E-state index contributed by atoms with van der Waals surface area (Å²) in [6.07, 6.45) is 0.248. The number of halogens is 4. The summed E-state index contributed by atoms with van der Waals surface area (Å²) >= 11 is 0. The molecule has 20 heavy (non-hydrogen) atoms. The number of hydrogen-bond acceptors (Lipinski definition) is 2. The molecule has 0 bridgehead atoms.